The van der Waals surface area contributed by atoms with Gasteiger partial charge in [0.05, 0.1) is 0 Å². The second kappa shape index (κ2) is 7.68. The summed E-state index contributed by atoms with van der Waals surface area (Å²) in [6, 6.07) is 17.8. The van der Waals surface area contributed by atoms with Crippen molar-refractivity contribution in [3.8, 4) is 5.75 Å². The quantitative estimate of drug-likeness (QED) is 0.813. The number of ether oxygens (including phenoxy) is 1. The minimum absolute atomic E-state index is 0.00833. The Kier molecular flexibility index (Phi) is 5.59. The van der Waals surface area contributed by atoms with Crippen molar-refractivity contribution in [1.82, 2.24) is 0 Å². The highest BCUT2D eigenvalue weighted by Crippen LogP contribution is 2.17. The van der Waals surface area contributed by atoms with Crippen LogP contribution in [0.2, 0.25) is 0 Å². The van der Waals surface area contributed by atoms with E-state index in [1.807, 2.05) is 54.6 Å². The second-order valence-electron chi connectivity index (χ2n) is 4.86. The largest absolute Gasteiger partial charge is 0.489 e. The third-order valence-corrected chi connectivity index (χ3v) is 3.19. The van der Waals surface area contributed by atoms with Crippen molar-refractivity contribution in [3.05, 3.63) is 65.7 Å². The standard InChI is InChI=1S/C17H20O3/c18-11-16(12-19)9-15-7-4-8-17(10-15)20-13-14-5-2-1-3-6-14/h1-8,10,16,18-19H,9,11-13H2. The van der Waals surface area contributed by atoms with Crippen molar-refractivity contribution >= 4 is 0 Å². The molecule has 3 nitrogen and oxygen atoms in total. The maximum Gasteiger partial charge on any atom is 0.120 e. The zero-order valence-electron chi connectivity index (χ0n) is 11.4. The van der Waals surface area contributed by atoms with E-state index in [0.717, 1.165) is 16.9 Å². The van der Waals surface area contributed by atoms with Gasteiger partial charge in [0.25, 0.3) is 0 Å². The lowest BCUT2D eigenvalue weighted by atomic mass is 10.0. The lowest BCUT2D eigenvalue weighted by Crippen LogP contribution is -2.13. The molecule has 0 radical (unpaired) electrons. The van der Waals surface area contributed by atoms with Crippen LogP contribution in [-0.2, 0) is 13.0 Å². The molecule has 0 atom stereocenters. The predicted octanol–water partition coefficient (Wildman–Crippen LogP) is 2.41. The molecule has 0 aromatic heterocycles. The third-order valence-electron chi connectivity index (χ3n) is 3.19. The molecule has 0 aliphatic carbocycles. The molecule has 3 heteroatoms. The molecule has 2 aromatic carbocycles. The number of benzene rings is 2. The van der Waals surface area contributed by atoms with Crippen LogP contribution in [-0.4, -0.2) is 23.4 Å². The van der Waals surface area contributed by atoms with E-state index in [4.69, 9.17) is 14.9 Å². The molecule has 20 heavy (non-hydrogen) atoms. The molecule has 0 heterocycles. The maximum atomic E-state index is 9.12. The summed E-state index contributed by atoms with van der Waals surface area (Å²) in [5, 5.41) is 18.2. The van der Waals surface area contributed by atoms with E-state index in [9.17, 15) is 0 Å². The molecule has 2 aromatic rings. The zero-order chi connectivity index (χ0) is 14.2. The Morgan fingerprint density at radius 2 is 1.55 bits per heavy atom. The maximum absolute atomic E-state index is 9.12. The fraction of sp³-hybridized carbons (Fsp3) is 0.294. The highest BCUT2D eigenvalue weighted by molar-refractivity contribution is 5.29. The van der Waals surface area contributed by atoms with Crippen LogP contribution in [0, 0.1) is 5.92 Å². The number of aliphatic hydroxyl groups excluding tert-OH is 2. The summed E-state index contributed by atoms with van der Waals surface area (Å²) in [6.45, 7) is 0.519. The van der Waals surface area contributed by atoms with Gasteiger partial charge in [0.1, 0.15) is 12.4 Å². The van der Waals surface area contributed by atoms with Crippen molar-refractivity contribution in [2.45, 2.75) is 13.0 Å². The molecule has 2 rings (SSSR count). The highest BCUT2D eigenvalue weighted by Gasteiger charge is 2.07. The highest BCUT2D eigenvalue weighted by atomic mass is 16.5. The fourth-order valence-corrected chi connectivity index (χ4v) is 2.02. The first kappa shape index (κ1) is 14.6. The van der Waals surface area contributed by atoms with Crippen LogP contribution in [0.1, 0.15) is 11.1 Å². The van der Waals surface area contributed by atoms with Crippen molar-refractivity contribution in [2.75, 3.05) is 13.2 Å². The SMILES string of the molecule is OCC(CO)Cc1cccc(OCc2ccccc2)c1. The zero-order valence-corrected chi connectivity index (χ0v) is 11.4. The predicted molar refractivity (Wildman–Crippen MR) is 78.6 cm³/mol. The average Bonchev–Trinajstić information content (AvgIpc) is 2.52. The molecular weight excluding hydrogens is 252 g/mol. The van der Waals surface area contributed by atoms with Crippen molar-refractivity contribution < 1.29 is 14.9 Å². The first-order chi connectivity index (χ1) is 9.81. The molecule has 0 amide bonds. The molecule has 0 unspecified atom stereocenters. The van der Waals surface area contributed by atoms with Gasteiger partial charge in [0, 0.05) is 19.1 Å². The minimum atomic E-state index is -0.112. The Hall–Kier alpha value is -1.84. The van der Waals surface area contributed by atoms with Crippen molar-refractivity contribution in [2.24, 2.45) is 5.92 Å². The van der Waals surface area contributed by atoms with Crippen LogP contribution < -0.4 is 4.74 Å². The third kappa shape index (κ3) is 4.37. The Morgan fingerprint density at radius 1 is 0.850 bits per heavy atom. The summed E-state index contributed by atoms with van der Waals surface area (Å²) in [5.41, 5.74) is 2.19. The Bertz CT molecular complexity index is 507. The molecule has 0 aliphatic rings. The molecule has 106 valence electrons. The van der Waals surface area contributed by atoms with Gasteiger partial charge >= 0.3 is 0 Å². The van der Waals surface area contributed by atoms with E-state index in [1.54, 1.807) is 0 Å². The van der Waals surface area contributed by atoms with Crippen molar-refractivity contribution in [1.29, 1.82) is 0 Å². The number of hydrogen-bond donors (Lipinski definition) is 2. The molecule has 0 saturated carbocycles. The van der Waals surface area contributed by atoms with Gasteiger partial charge in [0.2, 0.25) is 0 Å². The van der Waals surface area contributed by atoms with Crippen LogP contribution in [0.3, 0.4) is 0 Å². The van der Waals surface area contributed by atoms with E-state index in [1.165, 1.54) is 0 Å². The lowest BCUT2D eigenvalue weighted by Gasteiger charge is -2.12. The summed E-state index contributed by atoms with van der Waals surface area (Å²) < 4.78 is 5.76. The fourth-order valence-electron chi connectivity index (χ4n) is 2.02. The number of rotatable bonds is 7. The lowest BCUT2D eigenvalue weighted by molar-refractivity contribution is 0.150. The summed E-state index contributed by atoms with van der Waals surface area (Å²) in [4.78, 5) is 0. The Morgan fingerprint density at radius 3 is 2.25 bits per heavy atom. The van der Waals surface area contributed by atoms with Gasteiger partial charge in [-0.25, -0.2) is 0 Å². The molecule has 0 saturated heterocycles. The monoisotopic (exact) mass is 272 g/mol. The van der Waals surface area contributed by atoms with Gasteiger partial charge in [0.15, 0.2) is 0 Å². The summed E-state index contributed by atoms with van der Waals surface area (Å²) in [5.74, 6) is 0.695. The van der Waals surface area contributed by atoms with Gasteiger partial charge in [-0.2, -0.15) is 0 Å². The van der Waals surface area contributed by atoms with E-state index >= 15 is 0 Å². The molecule has 0 spiro atoms. The summed E-state index contributed by atoms with van der Waals surface area (Å²) in [7, 11) is 0. The van der Waals surface area contributed by atoms with E-state index in [2.05, 4.69) is 0 Å². The average molecular weight is 272 g/mol. The van der Waals surface area contributed by atoms with Gasteiger partial charge in [-0.3, -0.25) is 0 Å². The first-order valence-corrected chi connectivity index (χ1v) is 6.79. The molecule has 2 N–H and O–H groups in total. The normalized spacial score (nSPS) is 10.8. The topological polar surface area (TPSA) is 49.7 Å². The van der Waals surface area contributed by atoms with Crippen LogP contribution >= 0.6 is 0 Å². The van der Waals surface area contributed by atoms with Gasteiger partial charge < -0.3 is 14.9 Å². The number of hydrogen-bond acceptors (Lipinski definition) is 3. The van der Waals surface area contributed by atoms with Gasteiger partial charge in [-0.15, -0.1) is 0 Å². The van der Waals surface area contributed by atoms with Crippen LogP contribution in [0.4, 0.5) is 0 Å². The van der Waals surface area contributed by atoms with E-state index < -0.39 is 0 Å². The van der Waals surface area contributed by atoms with E-state index in [-0.39, 0.29) is 19.1 Å². The summed E-state index contributed by atoms with van der Waals surface area (Å²) in [6.07, 6.45) is 0.648. The first-order valence-electron chi connectivity index (χ1n) is 6.79. The Balaban J connectivity index is 1.95. The molecule has 0 bridgehead atoms. The molecule has 0 aliphatic heterocycles. The number of aliphatic hydroxyl groups is 2. The minimum Gasteiger partial charge on any atom is -0.489 e. The van der Waals surface area contributed by atoms with Crippen LogP contribution in [0.5, 0.6) is 5.75 Å². The molecule has 0 fully saturated rings. The van der Waals surface area contributed by atoms with Gasteiger partial charge in [-0.05, 0) is 29.7 Å². The molecular formula is C17H20O3. The van der Waals surface area contributed by atoms with E-state index in [0.29, 0.717) is 13.0 Å². The second-order valence-corrected chi connectivity index (χ2v) is 4.86. The van der Waals surface area contributed by atoms with Crippen LogP contribution in [0.15, 0.2) is 54.6 Å². The Labute approximate surface area is 119 Å². The summed E-state index contributed by atoms with van der Waals surface area (Å²) >= 11 is 0. The smallest absolute Gasteiger partial charge is 0.120 e. The van der Waals surface area contributed by atoms with Crippen molar-refractivity contribution in [3.63, 3.8) is 0 Å². The van der Waals surface area contributed by atoms with Crippen LogP contribution in [0.25, 0.3) is 0 Å². The van der Waals surface area contributed by atoms with Gasteiger partial charge in [-0.1, -0.05) is 42.5 Å².